The van der Waals surface area contributed by atoms with Gasteiger partial charge < -0.3 is 15.4 Å². The summed E-state index contributed by atoms with van der Waals surface area (Å²) in [6.07, 6.45) is 3.27. The number of carbonyl (C=O) groups is 1. The second kappa shape index (κ2) is 5.39. The third-order valence-electron chi connectivity index (χ3n) is 2.81. The molecule has 0 aliphatic heterocycles. The third kappa shape index (κ3) is 2.65. The van der Waals surface area contributed by atoms with Gasteiger partial charge in [0.15, 0.2) is 0 Å². The first-order valence-electron chi connectivity index (χ1n) is 5.75. The fourth-order valence-corrected chi connectivity index (χ4v) is 1.76. The first-order chi connectivity index (χ1) is 9.13. The Hall–Kier alpha value is -2.56. The highest BCUT2D eigenvalue weighted by Crippen LogP contribution is 2.24. The fraction of sp³-hybridized carbons (Fsp3) is 0.143. The number of benzene rings is 1. The van der Waals surface area contributed by atoms with Crippen LogP contribution in [0.2, 0.25) is 0 Å². The number of nitrogen functional groups attached to an aromatic ring is 1. The molecular weight excluding hydrogens is 242 g/mol. The van der Waals surface area contributed by atoms with Gasteiger partial charge in [0.2, 0.25) is 0 Å². The number of aromatic nitrogens is 1. The van der Waals surface area contributed by atoms with Gasteiger partial charge >= 0.3 is 0 Å². The Labute approximate surface area is 111 Å². The standard InChI is InChI=1S/C14H15N3O2/c1-17(11-5-7-16-8-6-11)14(18)12-9-10(15)3-4-13(12)19-2/h3-9H,15H2,1-2H3. The molecule has 0 bridgehead atoms. The molecule has 2 rings (SSSR count). The van der Waals surface area contributed by atoms with Crippen LogP contribution in [-0.4, -0.2) is 25.0 Å². The lowest BCUT2D eigenvalue weighted by molar-refractivity contribution is 0.0990. The SMILES string of the molecule is COc1ccc(N)cc1C(=O)N(C)c1ccncc1. The topological polar surface area (TPSA) is 68.5 Å². The smallest absolute Gasteiger partial charge is 0.261 e. The Balaban J connectivity index is 2.37. The van der Waals surface area contributed by atoms with E-state index in [0.717, 1.165) is 5.69 Å². The Morgan fingerprint density at radius 3 is 2.58 bits per heavy atom. The molecule has 5 heteroatoms. The highest BCUT2D eigenvalue weighted by atomic mass is 16.5. The van der Waals surface area contributed by atoms with Crippen molar-refractivity contribution >= 4 is 17.3 Å². The van der Waals surface area contributed by atoms with Crippen molar-refractivity contribution in [3.63, 3.8) is 0 Å². The number of carbonyl (C=O) groups excluding carboxylic acids is 1. The largest absolute Gasteiger partial charge is 0.496 e. The van der Waals surface area contributed by atoms with Crippen LogP contribution >= 0.6 is 0 Å². The van der Waals surface area contributed by atoms with Gasteiger partial charge in [-0.1, -0.05) is 0 Å². The van der Waals surface area contributed by atoms with Crippen molar-refractivity contribution < 1.29 is 9.53 Å². The molecule has 2 aromatic rings. The number of rotatable bonds is 3. The average molecular weight is 257 g/mol. The van der Waals surface area contributed by atoms with Crippen LogP contribution in [0.3, 0.4) is 0 Å². The maximum atomic E-state index is 12.4. The molecule has 98 valence electrons. The van der Waals surface area contributed by atoms with E-state index in [-0.39, 0.29) is 5.91 Å². The van der Waals surface area contributed by atoms with Crippen molar-refractivity contribution in [2.75, 3.05) is 24.8 Å². The molecule has 0 aliphatic carbocycles. The quantitative estimate of drug-likeness (QED) is 0.853. The molecule has 0 unspecified atom stereocenters. The van der Waals surface area contributed by atoms with Gasteiger partial charge in [-0.05, 0) is 30.3 Å². The molecule has 2 N–H and O–H groups in total. The zero-order chi connectivity index (χ0) is 13.8. The summed E-state index contributed by atoms with van der Waals surface area (Å²) in [5, 5.41) is 0. The van der Waals surface area contributed by atoms with Crippen molar-refractivity contribution in [1.82, 2.24) is 4.98 Å². The van der Waals surface area contributed by atoms with Gasteiger partial charge in [0, 0.05) is 30.8 Å². The zero-order valence-corrected chi connectivity index (χ0v) is 10.8. The summed E-state index contributed by atoms with van der Waals surface area (Å²) < 4.78 is 5.19. The number of ether oxygens (including phenoxy) is 1. The molecule has 1 aromatic carbocycles. The van der Waals surface area contributed by atoms with E-state index in [2.05, 4.69) is 4.98 Å². The van der Waals surface area contributed by atoms with Crippen LogP contribution in [0.1, 0.15) is 10.4 Å². The molecule has 1 aromatic heterocycles. The van der Waals surface area contributed by atoms with E-state index in [4.69, 9.17) is 10.5 Å². The summed E-state index contributed by atoms with van der Waals surface area (Å²) in [5.41, 5.74) is 7.43. The summed E-state index contributed by atoms with van der Waals surface area (Å²) in [4.78, 5) is 17.9. The van der Waals surface area contributed by atoms with Gasteiger partial charge in [0.05, 0.1) is 12.7 Å². The van der Waals surface area contributed by atoms with E-state index in [9.17, 15) is 4.79 Å². The summed E-state index contributed by atoms with van der Waals surface area (Å²) >= 11 is 0. The second-order valence-electron chi connectivity index (χ2n) is 4.03. The minimum Gasteiger partial charge on any atom is -0.496 e. The first-order valence-corrected chi connectivity index (χ1v) is 5.75. The predicted molar refractivity (Wildman–Crippen MR) is 74.4 cm³/mol. The summed E-state index contributed by atoms with van der Waals surface area (Å²) in [6, 6.07) is 8.51. The molecule has 1 heterocycles. The van der Waals surface area contributed by atoms with Crippen molar-refractivity contribution in [3.05, 3.63) is 48.3 Å². The Bertz CT molecular complexity index is 584. The maximum absolute atomic E-state index is 12.4. The Morgan fingerprint density at radius 2 is 1.95 bits per heavy atom. The molecule has 0 radical (unpaired) electrons. The van der Waals surface area contributed by atoms with E-state index in [1.54, 1.807) is 49.8 Å². The van der Waals surface area contributed by atoms with E-state index in [0.29, 0.717) is 17.0 Å². The van der Waals surface area contributed by atoms with Gasteiger partial charge in [0.1, 0.15) is 5.75 Å². The van der Waals surface area contributed by atoms with Crippen molar-refractivity contribution in [1.29, 1.82) is 0 Å². The number of hydrogen-bond acceptors (Lipinski definition) is 4. The normalized spacial score (nSPS) is 10.0. The number of methoxy groups -OCH3 is 1. The van der Waals surface area contributed by atoms with E-state index >= 15 is 0 Å². The zero-order valence-electron chi connectivity index (χ0n) is 10.8. The fourth-order valence-electron chi connectivity index (χ4n) is 1.76. The summed E-state index contributed by atoms with van der Waals surface area (Å²) in [6.45, 7) is 0. The number of nitrogens with two attached hydrogens (primary N) is 1. The predicted octanol–water partition coefficient (Wildman–Crippen LogP) is 1.95. The van der Waals surface area contributed by atoms with Gasteiger partial charge in [-0.2, -0.15) is 0 Å². The molecule has 0 atom stereocenters. The molecule has 5 nitrogen and oxygen atoms in total. The van der Waals surface area contributed by atoms with Crippen molar-refractivity contribution in [2.24, 2.45) is 0 Å². The monoisotopic (exact) mass is 257 g/mol. The molecule has 0 spiro atoms. The lowest BCUT2D eigenvalue weighted by Gasteiger charge is -2.18. The molecule has 0 saturated carbocycles. The number of nitrogens with zero attached hydrogens (tertiary/aromatic N) is 2. The molecule has 19 heavy (non-hydrogen) atoms. The van der Waals surface area contributed by atoms with E-state index in [1.807, 2.05) is 0 Å². The number of pyridine rings is 1. The van der Waals surface area contributed by atoms with E-state index < -0.39 is 0 Å². The second-order valence-corrected chi connectivity index (χ2v) is 4.03. The molecule has 1 amide bonds. The minimum absolute atomic E-state index is 0.185. The van der Waals surface area contributed by atoms with E-state index in [1.165, 1.54) is 12.0 Å². The van der Waals surface area contributed by atoms with Crippen LogP contribution in [0, 0.1) is 0 Å². The molecule has 0 fully saturated rings. The highest BCUT2D eigenvalue weighted by Gasteiger charge is 2.18. The average Bonchev–Trinajstić information content (AvgIpc) is 2.46. The van der Waals surface area contributed by atoms with Crippen LogP contribution in [0.25, 0.3) is 0 Å². The van der Waals surface area contributed by atoms with Crippen LogP contribution in [0.5, 0.6) is 5.75 Å². The maximum Gasteiger partial charge on any atom is 0.261 e. The Morgan fingerprint density at radius 1 is 1.26 bits per heavy atom. The molecular formula is C14H15N3O2. The molecule has 0 saturated heterocycles. The van der Waals surface area contributed by atoms with Gasteiger partial charge in [-0.25, -0.2) is 0 Å². The first kappa shape index (κ1) is 12.9. The van der Waals surface area contributed by atoms with Crippen molar-refractivity contribution in [2.45, 2.75) is 0 Å². The van der Waals surface area contributed by atoms with Gasteiger partial charge in [-0.3, -0.25) is 9.78 Å². The third-order valence-corrected chi connectivity index (χ3v) is 2.81. The summed E-state index contributed by atoms with van der Waals surface area (Å²) in [5.74, 6) is 0.315. The number of amides is 1. The van der Waals surface area contributed by atoms with Crippen LogP contribution < -0.4 is 15.4 Å². The van der Waals surface area contributed by atoms with Crippen LogP contribution in [-0.2, 0) is 0 Å². The van der Waals surface area contributed by atoms with Gasteiger partial charge in [-0.15, -0.1) is 0 Å². The van der Waals surface area contributed by atoms with Crippen LogP contribution in [0.15, 0.2) is 42.7 Å². The summed E-state index contributed by atoms with van der Waals surface area (Å²) in [7, 11) is 3.22. The van der Waals surface area contributed by atoms with Crippen molar-refractivity contribution in [3.8, 4) is 5.75 Å². The molecule has 0 aliphatic rings. The number of anilines is 2. The number of hydrogen-bond donors (Lipinski definition) is 1. The highest BCUT2D eigenvalue weighted by molar-refractivity contribution is 6.08. The van der Waals surface area contributed by atoms with Crippen LogP contribution in [0.4, 0.5) is 11.4 Å². The Kier molecular flexibility index (Phi) is 3.66. The van der Waals surface area contributed by atoms with Gasteiger partial charge in [0.25, 0.3) is 5.91 Å². The minimum atomic E-state index is -0.185. The lowest BCUT2D eigenvalue weighted by atomic mass is 10.1. The lowest BCUT2D eigenvalue weighted by Crippen LogP contribution is -2.26.